The summed E-state index contributed by atoms with van der Waals surface area (Å²) in [4.78, 5) is 25.4. The molecule has 0 spiro atoms. The molecule has 0 saturated carbocycles. The minimum absolute atomic E-state index is 0.00614. The maximum absolute atomic E-state index is 12.9. The van der Waals surface area contributed by atoms with Gasteiger partial charge < -0.3 is 15.4 Å². The van der Waals surface area contributed by atoms with E-state index in [0.717, 1.165) is 24.8 Å². The van der Waals surface area contributed by atoms with Crippen LogP contribution < -0.4 is 15.4 Å². The van der Waals surface area contributed by atoms with E-state index in [4.69, 9.17) is 4.74 Å². The Balaban J connectivity index is 1.43. The number of para-hydroxylation sites is 2. The third-order valence-electron chi connectivity index (χ3n) is 5.46. The molecule has 0 bridgehead atoms. The Morgan fingerprint density at radius 2 is 1.63 bits per heavy atom. The lowest BCUT2D eigenvalue weighted by molar-refractivity contribution is -0.117. The number of rotatable bonds is 5. The lowest BCUT2D eigenvalue weighted by Gasteiger charge is -2.24. The van der Waals surface area contributed by atoms with E-state index >= 15 is 0 Å². The zero-order chi connectivity index (χ0) is 20.9. The fourth-order valence-corrected chi connectivity index (χ4v) is 3.90. The number of hydrogen-bond acceptors (Lipinski definition) is 3. The summed E-state index contributed by atoms with van der Waals surface area (Å²) < 4.78 is 5.27. The van der Waals surface area contributed by atoms with Crippen LogP contribution in [0.1, 0.15) is 40.2 Å². The number of methoxy groups -OCH3 is 1. The van der Waals surface area contributed by atoms with Crippen LogP contribution in [0.2, 0.25) is 0 Å². The van der Waals surface area contributed by atoms with Crippen LogP contribution in [0.25, 0.3) is 0 Å². The van der Waals surface area contributed by atoms with Crippen molar-refractivity contribution in [1.82, 2.24) is 0 Å². The van der Waals surface area contributed by atoms with Crippen LogP contribution in [0.3, 0.4) is 0 Å². The first-order valence-electron chi connectivity index (χ1n) is 10.1. The van der Waals surface area contributed by atoms with Crippen molar-refractivity contribution in [2.24, 2.45) is 0 Å². The smallest absolute Gasteiger partial charge is 0.255 e. The van der Waals surface area contributed by atoms with Crippen molar-refractivity contribution in [2.75, 3.05) is 17.7 Å². The van der Waals surface area contributed by atoms with Gasteiger partial charge in [-0.1, -0.05) is 36.4 Å². The highest BCUT2D eigenvalue weighted by Gasteiger charge is 2.26. The largest absolute Gasteiger partial charge is 0.495 e. The lowest BCUT2D eigenvalue weighted by atomic mass is 9.82. The molecule has 3 aromatic rings. The summed E-state index contributed by atoms with van der Waals surface area (Å²) in [5.74, 6) is 0.220. The summed E-state index contributed by atoms with van der Waals surface area (Å²) in [7, 11) is 1.56. The lowest BCUT2D eigenvalue weighted by Crippen LogP contribution is -2.24. The molecule has 0 fully saturated rings. The number of benzene rings is 3. The summed E-state index contributed by atoms with van der Waals surface area (Å²) in [6.45, 7) is 0. The fraction of sp³-hybridized carbons (Fsp3) is 0.200. The molecule has 2 amide bonds. The number of nitrogens with one attached hydrogen (secondary N) is 2. The summed E-state index contributed by atoms with van der Waals surface area (Å²) >= 11 is 0. The first-order valence-corrected chi connectivity index (χ1v) is 10.1. The number of carbonyl (C=O) groups is 2. The average molecular weight is 400 g/mol. The molecule has 152 valence electrons. The van der Waals surface area contributed by atoms with Gasteiger partial charge in [-0.3, -0.25) is 9.59 Å². The number of anilines is 2. The fourth-order valence-electron chi connectivity index (χ4n) is 3.90. The molecule has 0 aliphatic heterocycles. The van der Waals surface area contributed by atoms with Crippen LogP contribution in [0.5, 0.6) is 5.75 Å². The predicted octanol–water partition coefficient (Wildman–Crippen LogP) is 5.01. The second kappa shape index (κ2) is 8.82. The molecule has 5 nitrogen and oxygen atoms in total. The highest BCUT2D eigenvalue weighted by molar-refractivity contribution is 6.05. The van der Waals surface area contributed by atoms with Gasteiger partial charge in [0.2, 0.25) is 5.91 Å². The van der Waals surface area contributed by atoms with Crippen molar-refractivity contribution < 1.29 is 14.3 Å². The minimum atomic E-state index is -0.237. The molecule has 1 aliphatic carbocycles. The molecule has 2 N–H and O–H groups in total. The van der Waals surface area contributed by atoms with Gasteiger partial charge in [0.15, 0.2) is 0 Å². The summed E-state index contributed by atoms with van der Waals surface area (Å²) in [5, 5.41) is 5.85. The van der Waals surface area contributed by atoms with Gasteiger partial charge in [-0.2, -0.15) is 0 Å². The highest BCUT2D eigenvalue weighted by Crippen LogP contribution is 2.32. The highest BCUT2D eigenvalue weighted by atomic mass is 16.5. The van der Waals surface area contributed by atoms with Gasteiger partial charge in [-0.15, -0.1) is 0 Å². The van der Waals surface area contributed by atoms with Gasteiger partial charge in [-0.05, 0) is 66.8 Å². The van der Waals surface area contributed by atoms with Crippen LogP contribution in [0.4, 0.5) is 11.4 Å². The number of carbonyl (C=O) groups excluding carboxylic acids is 2. The Kier molecular flexibility index (Phi) is 5.80. The maximum Gasteiger partial charge on any atom is 0.255 e. The molecule has 3 aromatic carbocycles. The van der Waals surface area contributed by atoms with Gasteiger partial charge in [0, 0.05) is 11.3 Å². The SMILES string of the molecule is COc1ccccc1NC(=O)c1ccc(NC(=O)C2CCCc3ccccc32)cc1. The number of aryl methyl sites for hydroxylation is 1. The number of ether oxygens (including phenoxy) is 1. The monoisotopic (exact) mass is 400 g/mol. The first kappa shape index (κ1) is 19.7. The summed E-state index contributed by atoms with van der Waals surface area (Å²) in [5.41, 5.74) is 4.17. The molecule has 1 atom stereocenters. The van der Waals surface area contributed by atoms with Crippen molar-refractivity contribution in [3.05, 3.63) is 89.5 Å². The van der Waals surface area contributed by atoms with E-state index in [0.29, 0.717) is 22.7 Å². The van der Waals surface area contributed by atoms with E-state index < -0.39 is 0 Å². The van der Waals surface area contributed by atoms with Crippen LogP contribution in [-0.4, -0.2) is 18.9 Å². The van der Waals surface area contributed by atoms with Gasteiger partial charge in [-0.25, -0.2) is 0 Å². The second-order valence-electron chi connectivity index (χ2n) is 7.36. The normalized spacial score (nSPS) is 15.0. The number of amides is 2. The van der Waals surface area contributed by atoms with Gasteiger partial charge in [0.05, 0.1) is 18.7 Å². The van der Waals surface area contributed by atoms with Crippen molar-refractivity contribution in [1.29, 1.82) is 0 Å². The van der Waals surface area contributed by atoms with Crippen LogP contribution >= 0.6 is 0 Å². The molecule has 1 unspecified atom stereocenters. The van der Waals surface area contributed by atoms with Crippen LogP contribution in [0.15, 0.2) is 72.8 Å². The quantitative estimate of drug-likeness (QED) is 0.633. The first-order chi connectivity index (χ1) is 14.7. The molecule has 4 rings (SSSR count). The Hall–Kier alpha value is -3.60. The number of hydrogen-bond donors (Lipinski definition) is 2. The molecule has 5 heteroatoms. The van der Waals surface area contributed by atoms with Crippen molar-refractivity contribution in [2.45, 2.75) is 25.2 Å². The van der Waals surface area contributed by atoms with E-state index in [2.05, 4.69) is 16.7 Å². The van der Waals surface area contributed by atoms with Crippen molar-refractivity contribution >= 4 is 23.2 Å². The third-order valence-corrected chi connectivity index (χ3v) is 5.46. The zero-order valence-corrected chi connectivity index (χ0v) is 16.9. The minimum Gasteiger partial charge on any atom is -0.495 e. The van der Waals surface area contributed by atoms with E-state index in [1.807, 2.05) is 30.3 Å². The van der Waals surface area contributed by atoms with Crippen LogP contribution in [0, 0.1) is 0 Å². The predicted molar refractivity (Wildman–Crippen MR) is 118 cm³/mol. The zero-order valence-electron chi connectivity index (χ0n) is 16.9. The molecule has 0 saturated heterocycles. The Labute approximate surface area is 176 Å². The topological polar surface area (TPSA) is 67.4 Å². The van der Waals surface area contributed by atoms with E-state index in [1.54, 1.807) is 43.5 Å². The van der Waals surface area contributed by atoms with Gasteiger partial charge >= 0.3 is 0 Å². The maximum atomic E-state index is 12.9. The second-order valence-corrected chi connectivity index (χ2v) is 7.36. The molecule has 1 aliphatic rings. The van der Waals surface area contributed by atoms with Crippen molar-refractivity contribution in [3.63, 3.8) is 0 Å². The average Bonchev–Trinajstić information content (AvgIpc) is 2.79. The Bertz CT molecular complexity index is 1060. The summed E-state index contributed by atoms with van der Waals surface area (Å²) in [6.07, 6.45) is 2.88. The Morgan fingerprint density at radius 1 is 0.900 bits per heavy atom. The third kappa shape index (κ3) is 4.20. The van der Waals surface area contributed by atoms with E-state index in [-0.39, 0.29) is 17.7 Å². The Morgan fingerprint density at radius 3 is 2.43 bits per heavy atom. The molecule has 30 heavy (non-hydrogen) atoms. The van der Waals surface area contributed by atoms with Crippen LogP contribution in [-0.2, 0) is 11.2 Å². The van der Waals surface area contributed by atoms with Crippen molar-refractivity contribution in [3.8, 4) is 5.75 Å². The molecule has 0 radical (unpaired) electrons. The molecule has 0 aromatic heterocycles. The summed E-state index contributed by atoms with van der Waals surface area (Å²) in [6, 6.07) is 22.3. The standard InChI is InChI=1S/C25H24N2O3/c1-30-23-12-5-4-11-22(23)27-24(28)18-13-15-19(16-14-18)26-25(29)21-10-6-8-17-7-2-3-9-20(17)21/h2-5,7,9,11-16,21H,6,8,10H2,1H3,(H,26,29)(H,27,28). The molecule has 0 heterocycles. The van der Waals surface area contributed by atoms with Gasteiger partial charge in [0.25, 0.3) is 5.91 Å². The molecular weight excluding hydrogens is 376 g/mol. The van der Waals surface area contributed by atoms with E-state index in [1.165, 1.54) is 5.56 Å². The molecular formula is C25H24N2O3. The van der Waals surface area contributed by atoms with E-state index in [9.17, 15) is 9.59 Å². The number of fused-ring (bicyclic) bond motifs is 1. The van der Waals surface area contributed by atoms with Gasteiger partial charge in [0.1, 0.15) is 5.75 Å².